The molecular formula is C10H20O4. The van der Waals surface area contributed by atoms with Gasteiger partial charge in [0, 0.05) is 6.42 Å². The van der Waals surface area contributed by atoms with Crippen LogP contribution in [0.5, 0.6) is 0 Å². The van der Waals surface area contributed by atoms with E-state index in [-0.39, 0.29) is 6.42 Å². The quantitative estimate of drug-likeness (QED) is 0.666. The molecule has 0 amide bonds. The zero-order valence-corrected chi connectivity index (χ0v) is 9.28. The number of carbonyl (C=O) groups excluding carboxylic acids is 1. The summed E-state index contributed by atoms with van der Waals surface area (Å²) in [5, 5.41) is 18.6. The molecule has 0 bridgehead atoms. The highest BCUT2D eigenvalue weighted by molar-refractivity contribution is 5.74. The number of hydrogen-bond acceptors (Lipinski definition) is 4. The Bertz CT molecular complexity index is 183. The molecule has 0 spiro atoms. The van der Waals surface area contributed by atoms with E-state index < -0.39 is 23.8 Å². The minimum absolute atomic E-state index is 0.0331. The van der Waals surface area contributed by atoms with Crippen LogP contribution in [0.25, 0.3) is 0 Å². The molecule has 4 heteroatoms. The topological polar surface area (TPSA) is 66.8 Å². The largest absolute Gasteiger partial charge is 0.458 e. The number of carbonyl (C=O) groups is 1. The molecule has 4 nitrogen and oxygen atoms in total. The molecule has 0 aromatic heterocycles. The molecule has 2 N–H and O–H groups in total. The van der Waals surface area contributed by atoms with E-state index in [0.29, 0.717) is 6.42 Å². The van der Waals surface area contributed by atoms with E-state index in [1.165, 1.54) is 0 Å². The maximum absolute atomic E-state index is 11.2. The molecule has 0 saturated carbocycles. The van der Waals surface area contributed by atoms with Crippen molar-refractivity contribution in [3.63, 3.8) is 0 Å². The first-order valence-corrected chi connectivity index (χ1v) is 4.85. The molecule has 0 aromatic rings. The summed E-state index contributed by atoms with van der Waals surface area (Å²) in [6.45, 7) is 6.97. The molecule has 0 aromatic carbocycles. The fraction of sp³-hybridized carbons (Fsp3) is 0.900. The van der Waals surface area contributed by atoms with Crippen LogP contribution in [-0.2, 0) is 9.53 Å². The number of hydrogen-bond donors (Lipinski definition) is 2. The first-order chi connectivity index (χ1) is 6.26. The second-order valence-electron chi connectivity index (χ2n) is 4.35. The second kappa shape index (κ2) is 5.32. The highest BCUT2D eigenvalue weighted by Gasteiger charge is 2.24. The summed E-state index contributed by atoms with van der Waals surface area (Å²) in [7, 11) is 0. The molecular weight excluding hydrogens is 184 g/mol. The number of esters is 1. The maximum Gasteiger partial charge on any atom is 0.335 e. The van der Waals surface area contributed by atoms with Gasteiger partial charge in [-0.3, -0.25) is 0 Å². The second-order valence-corrected chi connectivity index (χ2v) is 4.35. The van der Waals surface area contributed by atoms with Gasteiger partial charge in [-0.2, -0.15) is 0 Å². The Morgan fingerprint density at radius 2 is 1.86 bits per heavy atom. The van der Waals surface area contributed by atoms with Gasteiger partial charge in [0.25, 0.3) is 0 Å². The van der Waals surface area contributed by atoms with Crippen LogP contribution in [0, 0.1) is 0 Å². The van der Waals surface area contributed by atoms with Crippen LogP contribution in [0.1, 0.15) is 40.5 Å². The average molecular weight is 204 g/mol. The van der Waals surface area contributed by atoms with Crippen LogP contribution in [0.3, 0.4) is 0 Å². The van der Waals surface area contributed by atoms with E-state index in [9.17, 15) is 15.0 Å². The summed E-state index contributed by atoms with van der Waals surface area (Å²) in [6.07, 6.45) is -1.34. The lowest BCUT2D eigenvalue weighted by Gasteiger charge is -2.22. The van der Waals surface area contributed by atoms with Gasteiger partial charge in [-0.25, -0.2) is 4.79 Å². The Labute approximate surface area is 84.9 Å². The Hall–Kier alpha value is -0.610. The molecule has 0 aliphatic carbocycles. The van der Waals surface area contributed by atoms with Crippen LogP contribution in [0.2, 0.25) is 0 Å². The highest BCUT2D eigenvalue weighted by atomic mass is 16.6. The van der Waals surface area contributed by atoms with Gasteiger partial charge >= 0.3 is 5.97 Å². The molecule has 0 aliphatic rings. The molecule has 0 radical (unpaired) electrons. The van der Waals surface area contributed by atoms with Crippen molar-refractivity contribution in [2.75, 3.05) is 0 Å². The van der Waals surface area contributed by atoms with Crippen molar-refractivity contribution in [2.45, 2.75) is 58.3 Å². The zero-order valence-electron chi connectivity index (χ0n) is 9.28. The van der Waals surface area contributed by atoms with Crippen LogP contribution in [-0.4, -0.2) is 34.0 Å². The fourth-order valence-corrected chi connectivity index (χ4v) is 0.890. The van der Waals surface area contributed by atoms with Crippen LogP contribution < -0.4 is 0 Å². The van der Waals surface area contributed by atoms with Crippen molar-refractivity contribution in [3.05, 3.63) is 0 Å². The third kappa shape index (κ3) is 5.94. The van der Waals surface area contributed by atoms with E-state index in [2.05, 4.69) is 0 Å². The summed E-state index contributed by atoms with van der Waals surface area (Å²) in [5.41, 5.74) is -0.602. The first-order valence-electron chi connectivity index (χ1n) is 4.85. The normalized spacial score (nSPS) is 16.1. The summed E-state index contributed by atoms with van der Waals surface area (Å²) in [4.78, 5) is 11.2. The molecule has 2 unspecified atom stereocenters. The SMILES string of the molecule is CCC(O)CC(O)C(=O)OC(C)(C)C. The summed E-state index contributed by atoms with van der Waals surface area (Å²) >= 11 is 0. The summed E-state index contributed by atoms with van der Waals surface area (Å²) < 4.78 is 4.94. The van der Waals surface area contributed by atoms with Crippen LogP contribution in [0.4, 0.5) is 0 Å². The van der Waals surface area contributed by atoms with Gasteiger partial charge in [0.05, 0.1) is 6.10 Å². The first kappa shape index (κ1) is 13.4. The summed E-state index contributed by atoms with van der Waals surface area (Å²) in [5.74, 6) is -0.676. The fourth-order valence-electron chi connectivity index (χ4n) is 0.890. The van der Waals surface area contributed by atoms with Gasteiger partial charge in [0.15, 0.2) is 6.10 Å². The van der Waals surface area contributed by atoms with E-state index >= 15 is 0 Å². The lowest BCUT2D eigenvalue weighted by Crippen LogP contribution is -2.33. The van der Waals surface area contributed by atoms with Gasteiger partial charge in [0.2, 0.25) is 0 Å². The van der Waals surface area contributed by atoms with Crippen molar-refractivity contribution in [1.82, 2.24) is 0 Å². The molecule has 0 aliphatic heterocycles. The van der Waals surface area contributed by atoms with Crippen LogP contribution in [0.15, 0.2) is 0 Å². The molecule has 0 saturated heterocycles. The predicted molar refractivity (Wildman–Crippen MR) is 52.8 cm³/mol. The number of aliphatic hydroxyl groups is 2. The van der Waals surface area contributed by atoms with E-state index in [4.69, 9.17) is 4.74 Å². The lowest BCUT2D eigenvalue weighted by atomic mass is 10.1. The van der Waals surface area contributed by atoms with Gasteiger partial charge in [-0.05, 0) is 27.2 Å². The van der Waals surface area contributed by atoms with Crippen molar-refractivity contribution >= 4 is 5.97 Å². The van der Waals surface area contributed by atoms with E-state index in [0.717, 1.165) is 0 Å². The van der Waals surface area contributed by atoms with Gasteiger partial charge in [-0.1, -0.05) is 6.92 Å². The number of rotatable bonds is 4. The monoisotopic (exact) mass is 204 g/mol. The summed E-state index contributed by atoms with van der Waals surface area (Å²) in [6, 6.07) is 0. The molecule has 0 fully saturated rings. The molecule has 0 rings (SSSR count). The van der Waals surface area contributed by atoms with Gasteiger partial charge in [0.1, 0.15) is 5.60 Å². The Kier molecular flexibility index (Phi) is 5.08. The van der Waals surface area contributed by atoms with Crippen molar-refractivity contribution < 1.29 is 19.7 Å². The zero-order chi connectivity index (χ0) is 11.4. The van der Waals surface area contributed by atoms with E-state index in [1.54, 1.807) is 27.7 Å². The predicted octanol–water partition coefficient (Wildman–Crippen LogP) is 0.850. The minimum Gasteiger partial charge on any atom is -0.458 e. The third-order valence-electron chi connectivity index (χ3n) is 1.65. The van der Waals surface area contributed by atoms with Crippen molar-refractivity contribution in [3.8, 4) is 0 Å². The molecule has 2 atom stereocenters. The number of ether oxygens (including phenoxy) is 1. The van der Waals surface area contributed by atoms with Gasteiger partial charge < -0.3 is 14.9 Å². The van der Waals surface area contributed by atoms with Crippen molar-refractivity contribution in [2.24, 2.45) is 0 Å². The Balaban J connectivity index is 4.00. The van der Waals surface area contributed by atoms with Crippen LogP contribution >= 0.6 is 0 Å². The molecule has 14 heavy (non-hydrogen) atoms. The van der Waals surface area contributed by atoms with Gasteiger partial charge in [-0.15, -0.1) is 0 Å². The Morgan fingerprint density at radius 1 is 1.36 bits per heavy atom. The third-order valence-corrected chi connectivity index (χ3v) is 1.65. The van der Waals surface area contributed by atoms with E-state index in [1.807, 2.05) is 0 Å². The molecule has 84 valence electrons. The smallest absolute Gasteiger partial charge is 0.335 e. The average Bonchev–Trinajstić information content (AvgIpc) is 2.00. The Morgan fingerprint density at radius 3 is 2.21 bits per heavy atom. The highest BCUT2D eigenvalue weighted by Crippen LogP contribution is 2.11. The minimum atomic E-state index is -1.23. The standard InChI is InChI=1S/C10H20O4/c1-5-7(11)6-8(12)9(13)14-10(2,3)4/h7-8,11-12H,5-6H2,1-4H3. The number of aliphatic hydroxyl groups excluding tert-OH is 2. The maximum atomic E-state index is 11.2. The van der Waals surface area contributed by atoms with Crippen molar-refractivity contribution in [1.29, 1.82) is 0 Å². The lowest BCUT2D eigenvalue weighted by molar-refractivity contribution is -0.166. The molecule has 0 heterocycles.